The number of likely N-dealkylation sites (tertiary alicyclic amines) is 1. The second kappa shape index (κ2) is 12.4. The molecule has 0 radical (unpaired) electrons. The molecule has 9 heteroatoms. The van der Waals surface area contributed by atoms with Crippen LogP contribution in [0.5, 0.6) is 0 Å². The maximum atomic E-state index is 13.9. The fourth-order valence-corrected chi connectivity index (χ4v) is 6.62. The van der Waals surface area contributed by atoms with E-state index >= 15 is 0 Å². The summed E-state index contributed by atoms with van der Waals surface area (Å²) in [5.74, 6) is -4.53. The molecule has 3 fully saturated rings. The van der Waals surface area contributed by atoms with E-state index < -0.39 is 41.4 Å². The number of primary amides is 1. The number of hydrogen-bond acceptors (Lipinski definition) is 7. The van der Waals surface area contributed by atoms with Crippen LogP contribution in [0.25, 0.3) is 0 Å². The first-order valence-electron chi connectivity index (χ1n) is 14.5. The van der Waals surface area contributed by atoms with Crippen LogP contribution in [0.4, 0.5) is 0 Å². The van der Waals surface area contributed by atoms with Crippen LogP contribution in [-0.2, 0) is 33.5 Å². The van der Waals surface area contributed by atoms with Crippen molar-refractivity contribution >= 4 is 35.1 Å². The van der Waals surface area contributed by atoms with Crippen LogP contribution >= 0.6 is 0 Å². The van der Waals surface area contributed by atoms with Crippen LogP contribution in [0.15, 0.2) is 12.2 Å². The highest BCUT2D eigenvalue weighted by molar-refractivity contribution is 6.36. The van der Waals surface area contributed by atoms with Gasteiger partial charge < -0.3 is 15.4 Å². The van der Waals surface area contributed by atoms with Crippen molar-refractivity contribution in [3.8, 4) is 0 Å². The Morgan fingerprint density at radius 2 is 1.70 bits per heavy atom. The minimum Gasteiger partial charge on any atom is -0.462 e. The fourth-order valence-electron chi connectivity index (χ4n) is 6.62. The van der Waals surface area contributed by atoms with Gasteiger partial charge in [0, 0.05) is 37.8 Å². The van der Waals surface area contributed by atoms with Crippen molar-refractivity contribution in [2.75, 3.05) is 13.2 Å². The molecule has 40 heavy (non-hydrogen) atoms. The summed E-state index contributed by atoms with van der Waals surface area (Å²) >= 11 is 0. The summed E-state index contributed by atoms with van der Waals surface area (Å²) in [4.78, 5) is 78.7. The largest absolute Gasteiger partial charge is 0.462 e. The number of nitrogens with two attached hydrogens (primary N) is 1. The zero-order chi connectivity index (χ0) is 30.0. The summed E-state index contributed by atoms with van der Waals surface area (Å²) in [6.07, 6.45) is 6.22. The Balaban J connectivity index is 1.82. The van der Waals surface area contributed by atoms with E-state index in [-0.39, 0.29) is 66.0 Å². The highest BCUT2D eigenvalue weighted by Gasteiger charge is 2.69. The van der Waals surface area contributed by atoms with Crippen LogP contribution in [0.2, 0.25) is 0 Å². The van der Waals surface area contributed by atoms with E-state index in [2.05, 4.69) is 13.8 Å². The third-order valence-electron chi connectivity index (χ3n) is 9.01. The average molecular weight is 559 g/mol. The third kappa shape index (κ3) is 7.46. The number of hydrogen-bond donors (Lipinski definition) is 1. The summed E-state index contributed by atoms with van der Waals surface area (Å²) < 4.78 is 5.31. The highest BCUT2D eigenvalue weighted by atomic mass is 16.5. The Labute approximate surface area is 237 Å². The molecule has 3 aliphatic rings. The van der Waals surface area contributed by atoms with Crippen molar-refractivity contribution in [2.24, 2.45) is 46.2 Å². The van der Waals surface area contributed by atoms with Gasteiger partial charge in [0.2, 0.25) is 11.7 Å². The number of ketones is 3. The van der Waals surface area contributed by atoms with Crippen molar-refractivity contribution < 1.29 is 33.5 Å². The molecule has 2 amide bonds. The number of fused-ring (bicyclic) bond motifs is 1. The van der Waals surface area contributed by atoms with E-state index in [0.717, 1.165) is 19.3 Å². The van der Waals surface area contributed by atoms with Gasteiger partial charge in [-0.3, -0.25) is 24.0 Å². The molecule has 2 aliphatic carbocycles. The van der Waals surface area contributed by atoms with Gasteiger partial charge in [0.15, 0.2) is 5.78 Å². The maximum Gasteiger partial charge on any atom is 0.330 e. The lowest BCUT2D eigenvalue weighted by Gasteiger charge is -2.34. The Morgan fingerprint density at radius 1 is 1.05 bits per heavy atom. The smallest absolute Gasteiger partial charge is 0.330 e. The van der Waals surface area contributed by atoms with E-state index in [4.69, 9.17) is 10.5 Å². The minimum absolute atomic E-state index is 0.0755. The third-order valence-corrected chi connectivity index (χ3v) is 9.01. The molecule has 1 aliphatic heterocycles. The summed E-state index contributed by atoms with van der Waals surface area (Å²) in [5, 5.41) is 0. The summed E-state index contributed by atoms with van der Waals surface area (Å²) in [6.45, 7) is 11.7. The number of carbonyl (C=O) groups excluding carboxylic acids is 6. The highest BCUT2D eigenvalue weighted by Crippen LogP contribution is 2.65. The molecule has 222 valence electrons. The lowest BCUT2D eigenvalue weighted by molar-refractivity contribution is -0.150. The molecule has 0 spiro atoms. The van der Waals surface area contributed by atoms with Crippen LogP contribution in [0.1, 0.15) is 86.5 Å². The number of allylic oxidation sites excluding steroid dienone is 1. The van der Waals surface area contributed by atoms with Crippen molar-refractivity contribution in [1.29, 1.82) is 0 Å². The number of amides is 2. The first-order valence-corrected chi connectivity index (χ1v) is 14.5. The fraction of sp³-hybridized carbons (Fsp3) is 0.742. The summed E-state index contributed by atoms with van der Waals surface area (Å²) in [5.41, 5.74) is 4.90. The first kappa shape index (κ1) is 31.7. The van der Waals surface area contributed by atoms with Gasteiger partial charge in [-0.1, -0.05) is 60.0 Å². The number of rotatable bonds is 14. The van der Waals surface area contributed by atoms with E-state index in [0.29, 0.717) is 13.0 Å². The van der Waals surface area contributed by atoms with Gasteiger partial charge in [0.1, 0.15) is 12.4 Å². The molecular formula is C31H46N2O7. The van der Waals surface area contributed by atoms with Gasteiger partial charge in [-0.05, 0) is 41.9 Å². The molecule has 2 N–H and O–H groups in total. The standard InChI is InChI=1S/C31H46N2O7/c1-7-9-24(36)40-17-20(13-21(34)15-30(2,3)4)29(39)33-16-22-25(31(22,5)6)26(33)23(35)14-19(27(37)28(32)38)12-18-10-8-11-18/h7,9,18-20,22,25-26H,8,10-17H2,1-6H3,(H2,32,38)/b9-7+/t19?,20-,22-,25-,26+/m0/s1. The number of piperidine rings is 1. The maximum absolute atomic E-state index is 13.9. The molecule has 5 atom stereocenters. The van der Waals surface area contributed by atoms with Gasteiger partial charge in [-0.2, -0.15) is 0 Å². The molecule has 0 aromatic rings. The van der Waals surface area contributed by atoms with Crippen LogP contribution < -0.4 is 5.73 Å². The molecule has 1 heterocycles. The molecular weight excluding hydrogens is 512 g/mol. The van der Waals surface area contributed by atoms with Gasteiger partial charge in [0.05, 0.1) is 12.0 Å². The number of esters is 1. The van der Waals surface area contributed by atoms with Crippen molar-refractivity contribution in [2.45, 2.75) is 92.5 Å². The second-order valence-corrected chi connectivity index (χ2v) is 13.8. The number of nitrogens with zero attached hydrogens (tertiary/aromatic N) is 1. The van der Waals surface area contributed by atoms with E-state index in [1.807, 2.05) is 20.8 Å². The lowest BCUT2D eigenvalue weighted by atomic mass is 9.76. The average Bonchev–Trinajstić information content (AvgIpc) is 3.14. The van der Waals surface area contributed by atoms with Crippen LogP contribution in [-0.4, -0.2) is 59.2 Å². The SMILES string of the molecule is C/C=C/C(=O)OC[C@H](CC(=O)CC(C)(C)C)C(=O)N1C[C@H]2[C@@H]([C@H]1C(=O)CC(CC1CCC1)C(=O)C(N)=O)C2(C)C. The summed E-state index contributed by atoms with van der Waals surface area (Å²) in [6, 6.07) is -0.761. The first-order chi connectivity index (χ1) is 18.6. The second-order valence-electron chi connectivity index (χ2n) is 13.8. The van der Waals surface area contributed by atoms with E-state index in [9.17, 15) is 28.8 Å². The normalized spacial score (nSPS) is 25.1. The Hall–Kier alpha value is -2.84. The topological polar surface area (TPSA) is 141 Å². The number of ether oxygens (including phenoxy) is 1. The monoisotopic (exact) mass is 558 g/mol. The van der Waals surface area contributed by atoms with Crippen LogP contribution in [0.3, 0.4) is 0 Å². The lowest BCUT2D eigenvalue weighted by Crippen LogP contribution is -2.49. The van der Waals surface area contributed by atoms with E-state index in [1.165, 1.54) is 17.1 Å². The predicted molar refractivity (Wildman–Crippen MR) is 148 cm³/mol. The van der Waals surface area contributed by atoms with Crippen molar-refractivity contribution in [3.63, 3.8) is 0 Å². The molecule has 3 rings (SSSR count). The molecule has 1 unspecified atom stereocenters. The van der Waals surface area contributed by atoms with E-state index in [1.54, 1.807) is 6.92 Å². The Bertz CT molecular complexity index is 1070. The quantitative estimate of drug-likeness (QED) is 0.196. The number of Topliss-reactive ketones (excluding diaryl/α,β-unsaturated/α-hetero) is 3. The van der Waals surface area contributed by atoms with Crippen molar-refractivity contribution in [1.82, 2.24) is 4.90 Å². The van der Waals surface area contributed by atoms with Crippen LogP contribution in [0, 0.1) is 40.4 Å². The summed E-state index contributed by atoms with van der Waals surface area (Å²) in [7, 11) is 0. The molecule has 9 nitrogen and oxygen atoms in total. The zero-order valence-corrected chi connectivity index (χ0v) is 24.9. The Morgan fingerprint density at radius 3 is 2.23 bits per heavy atom. The molecule has 0 bridgehead atoms. The van der Waals surface area contributed by atoms with Gasteiger partial charge in [-0.25, -0.2) is 4.79 Å². The zero-order valence-electron chi connectivity index (χ0n) is 24.9. The molecule has 1 saturated heterocycles. The molecule has 0 aromatic heterocycles. The Kier molecular flexibility index (Phi) is 9.78. The molecule has 0 aromatic carbocycles. The molecule has 2 saturated carbocycles. The van der Waals surface area contributed by atoms with Gasteiger partial charge in [0.25, 0.3) is 5.91 Å². The van der Waals surface area contributed by atoms with Gasteiger partial charge in [-0.15, -0.1) is 0 Å². The minimum atomic E-state index is -1.04. The van der Waals surface area contributed by atoms with Crippen molar-refractivity contribution in [3.05, 3.63) is 12.2 Å². The van der Waals surface area contributed by atoms with Gasteiger partial charge >= 0.3 is 5.97 Å². The predicted octanol–water partition coefficient (Wildman–Crippen LogP) is 3.42. The number of carbonyl (C=O) groups is 6.